The third-order valence-corrected chi connectivity index (χ3v) is 7.70. The molecule has 1 atom stereocenters. The zero-order chi connectivity index (χ0) is 25.0. The van der Waals surface area contributed by atoms with Gasteiger partial charge in [-0.3, -0.25) is 14.8 Å². The van der Waals surface area contributed by atoms with Gasteiger partial charge in [0.2, 0.25) is 0 Å². The molecule has 0 radical (unpaired) electrons. The van der Waals surface area contributed by atoms with Crippen LogP contribution in [0.2, 0.25) is 0 Å². The fourth-order valence-electron chi connectivity index (χ4n) is 5.39. The third kappa shape index (κ3) is 3.48. The van der Waals surface area contributed by atoms with Gasteiger partial charge < -0.3 is 9.09 Å². The molecule has 0 aliphatic heterocycles. The minimum atomic E-state index is -0.276. The quantitative estimate of drug-likeness (QED) is 0.276. The van der Waals surface area contributed by atoms with Crippen molar-refractivity contribution in [2.75, 3.05) is 0 Å². The van der Waals surface area contributed by atoms with E-state index in [0.29, 0.717) is 0 Å². The Kier molecular flexibility index (Phi) is 5.14. The van der Waals surface area contributed by atoms with E-state index in [2.05, 4.69) is 58.2 Å². The minimum absolute atomic E-state index is 0.0101. The number of nitrogens with zero attached hydrogens (tertiary/aromatic N) is 4. The van der Waals surface area contributed by atoms with Crippen LogP contribution in [0.1, 0.15) is 55.4 Å². The minimum Gasteiger partial charge on any atom is -0.361 e. The van der Waals surface area contributed by atoms with Crippen molar-refractivity contribution in [3.8, 4) is 22.3 Å². The number of carbonyl (C=O) groups excluding carboxylic acids is 1. The van der Waals surface area contributed by atoms with Crippen molar-refractivity contribution in [2.24, 2.45) is 0 Å². The van der Waals surface area contributed by atoms with Crippen molar-refractivity contribution >= 4 is 16.8 Å². The normalized spacial score (nSPS) is 15.2. The fraction of sp³-hybridized carbons (Fsp3) is 0.267. The molecule has 0 amide bonds. The molecule has 6 nitrogen and oxygen atoms in total. The number of rotatable bonds is 6. The van der Waals surface area contributed by atoms with Crippen molar-refractivity contribution < 1.29 is 9.32 Å². The average molecular weight is 477 g/mol. The van der Waals surface area contributed by atoms with E-state index in [1.54, 1.807) is 6.92 Å². The van der Waals surface area contributed by atoms with Crippen LogP contribution < -0.4 is 0 Å². The van der Waals surface area contributed by atoms with Gasteiger partial charge in [-0.2, -0.15) is 0 Å². The number of benzene rings is 1. The van der Waals surface area contributed by atoms with Crippen LogP contribution in [0.3, 0.4) is 0 Å². The Bertz CT molecular complexity index is 1570. The van der Waals surface area contributed by atoms with Gasteiger partial charge in [0.05, 0.1) is 33.9 Å². The Morgan fingerprint density at radius 2 is 1.83 bits per heavy atom. The van der Waals surface area contributed by atoms with Gasteiger partial charge in [0.15, 0.2) is 0 Å². The first kappa shape index (κ1) is 22.4. The molecule has 180 valence electrons. The van der Waals surface area contributed by atoms with Crippen molar-refractivity contribution in [3.05, 3.63) is 89.8 Å². The molecule has 0 saturated heterocycles. The number of aryl methyl sites for hydroxylation is 2. The van der Waals surface area contributed by atoms with Gasteiger partial charge in [0.25, 0.3) is 0 Å². The monoisotopic (exact) mass is 476 g/mol. The maximum atomic E-state index is 12.2. The van der Waals surface area contributed by atoms with Crippen molar-refractivity contribution in [1.82, 2.24) is 19.7 Å². The standard InChI is InChI=1S/C30H28N4O2/c1-18-28(20(3)36-33-18)23-15-27-29(32-16-23)25(17-34(27)19(2)26-7-5-6-14-31-26)22-8-10-24(11-9-22)30(12-13-30)21(4)35/h5-11,14-17,19H,12-13H2,1-4H3/t19-/m0/s1. The summed E-state index contributed by atoms with van der Waals surface area (Å²) in [4.78, 5) is 21.8. The molecule has 1 aliphatic rings. The van der Waals surface area contributed by atoms with Crippen LogP contribution in [0, 0.1) is 13.8 Å². The molecule has 6 rings (SSSR count). The summed E-state index contributed by atoms with van der Waals surface area (Å²) in [5.74, 6) is 1.03. The van der Waals surface area contributed by atoms with E-state index >= 15 is 0 Å². The molecule has 0 spiro atoms. The second-order valence-electron chi connectivity index (χ2n) is 9.89. The summed E-state index contributed by atoms with van der Waals surface area (Å²) in [5, 5.41) is 4.13. The highest BCUT2D eigenvalue weighted by atomic mass is 16.5. The van der Waals surface area contributed by atoms with Crippen LogP contribution in [0.15, 0.2) is 71.6 Å². The van der Waals surface area contributed by atoms with Gasteiger partial charge in [0.1, 0.15) is 11.5 Å². The molecular weight excluding hydrogens is 448 g/mol. The number of carbonyl (C=O) groups is 1. The predicted octanol–water partition coefficient (Wildman–Crippen LogP) is 6.60. The lowest BCUT2D eigenvalue weighted by atomic mass is 9.91. The average Bonchev–Trinajstić information content (AvgIpc) is 3.54. The summed E-state index contributed by atoms with van der Waals surface area (Å²) in [6.45, 7) is 7.73. The van der Waals surface area contributed by atoms with Crippen molar-refractivity contribution in [2.45, 2.75) is 52.0 Å². The van der Waals surface area contributed by atoms with Gasteiger partial charge in [-0.1, -0.05) is 35.5 Å². The highest BCUT2D eigenvalue weighted by Crippen LogP contribution is 2.49. The Balaban J connectivity index is 1.51. The summed E-state index contributed by atoms with van der Waals surface area (Å²) in [6.07, 6.45) is 7.77. The molecule has 5 aromatic rings. The third-order valence-electron chi connectivity index (χ3n) is 7.70. The number of fused-ring (bicyclic) bond motifs is 1. The van der Waals surface area contributed by atoms with E-state index in [0.717, 1.165) is 68.8 Å². The van der Waals surface area contributed by atoms with E-state index in [1.807, 2.05) is 44.4 Å². The molecule has 1 saturated carbocycles. The number of pyridine rings is 2. The van der Waals surface area contributed by atoms with Crippen LogP contribution in [0.25, 0.3) is 33.3 Å². The number of aromatic nitrogens is 4. The predicted molar refractivity (Wildman–Crippen MR) is 140 cm³/mol. The molecule has 4 heterocycles. The van der Waals surface area contributed by atoms with Crippen LogP contribution >= 0.6 is 0 Å². The Labute approximate surface area is 210 Å². The summed E-state index contributed by atoms with van der Waals surface area (Å²) < 4.78 is 7.67. The second-order valence-corrected chi connectivity index (χ2v) is 9.89. The highest BCUT2D eigenvalue weighted by molar-refractivity contribution is 5.96. The maximum absolute atomic E-state index is 12.2. The largest absolute Gasteiger partial charge is 0.361 e. The second kappa shape index (κ2) is 8.26. The first-order chi connectivity index (χ1) is 17.4. The van der Waals surface area contributed by atoms with Gasteiger partial charge in [-0.05, 0) is 69.9 Å². The zero-order valence-corrected chi connectivity index (χ0v) is 20.9. The van der Waals surface area contributed by atoms with E-state index in [-0.39, 0.29) is 17.2 Å². The van der Waals surface area contributed by atoms with Crippen LogP contribution in [-0.4, -0.2) is 25.5 Å². The fourth-order valence-corrected chi connectivity index (χ4v) is 5.39. The van der Waals surface area contributed by atoms with E-state index in [1.165, 1.54) is 0 Å². The lowest BCUT2D eigenvalue weighted by Crippen LogP contribution is -2.16. The van der Waals surface area contributed by atoms with Crippen molar-refractivity contribution in [1.29, 1.82) is 0 Å². The first-order valence-electron chi connectivity index (χ1n) is 12.4. The molecule has 0 N–H and O–H groups in total. The number of hydrogen-bond donors (Lipinski definition) is 0. The topological polar surface area (TPSA) is 73.8 Å². The van der Waals surface area contributed by atoms with E-state index in [9.17, 15) is 4.79 Å². The van der Waals surface area contributed by atoms with Gasteiger partial charge >= 0.3 is 0 Å². The molecule has 1 aliphatic carbocycles. The van der Waals surface area contributed by atoms with Gasteiger partial charge in [-0.25, -0.2) is 0 Å². The smallest absolute Gasteiger partial charge is 0.141 e. The lowest BCUT2D eigenvalue weighted by molar-refractivity contribution is -0.119. The Morgan fingerprint density at radius 1 is 1.06 bits per heavy atom. The maximum Gasteiger partial charge on any atom is 0.141 e. The van der Waals surface area contributed by atoms with Gasteiger partial charge in [-0.15, -0.1) is 0 Å². The first-order valence-corrected chi connectivity index (χ1v) is 12.4. The van der Waals surface area contributed by atoms with Crippen molar-refractivity contribution in [3.63, 3.8) is 0 Å². The van der Waals surface area contributed by atoms with Crippen LogP contribution in [-0.2, 0) is 10.2 Å². The lowest BCUT2D eigenvalue weighted by Gasteiger charge is -2.15. The van der Waals surface area contributed by atoms with E-state index in [4.69, 9.17) is 9.51 Å². The van der Waals surface area contributed by atoms with Crippen LogP contribution in [0.4, 0.5) is 0 Å². The Hall–Kier alpha value is -4.06. The molecule has 1 fully saturated rings. The number of hydrogen-bond acceptors (Lipinski definition) is 5. The Morgan fingerprint density at radius 3 is 2.44 bits per heavy atom. The highest BCUT2D eigenvalue weighted by Gasteiger charge is 2.48. The summed E-state index contributed by atoms with van der Waals surface area (Å²) in [5.41, 5.74) is 8.69. The molecule has 36 heavy (non-hydrogen) atoms. The molecule has 0 unspecified atom stereocenters. The number of Topliss-reactive ketones (excluding diaryl/α,β-unsaturated/α-hetero) is 1. The molecular formula is C30H28N4O2. The SMILES string of the molecule is CC(=O)C1(c2ccc(-c3cn([C@@H](C)c4ccccn4)c4cc(-c5c(C)noc5C)cnc34)cc2)CC1. The summed E-state index contributed by atoms with van der Waals surface area (Å²) >= 11 is 0. The van der Waals surface area contributed by atoms with Crippen LogP contribution in [0.5, 0.6) is 0 Å². The zero-order valence-electron chi connectivity index (χ0n) is 20.9. The number of ketones is 1. The summed E-state index contributed by atoms with van der Waals surface area (Å²) in [7, 11) is 0. The molecule has 4 aromatic heterocycles. The van der Waals surface area contributed by atoms with Gasteiger partial charge in [0, 0.05) is 35.3 Å². The molecule has 0 bridgehead atoms. The molecule has 6 heteroatoms. The summed E-state index contributed by atoms with van der Waals surface area (Å²) in [6, 6.07) is 16.6. The molecule has 1 aromatic carbocycles. The van der Waals surface area contributed by atoms with E-state index < -0.39 is 0 Å².